The molecule has 0 radical (unpaired) electrons. The van der Waals surface area contributed by atoms with Crippen molar-refractivity contribution < 1.29 is 9.53 Å². The molecule has 5 nitrogen and oxygen atoms in total. The van der Waals surface area contributed by atoms with Crippen molar-refractivity contribution in [2.45, 2.75) is 13.0 Å². The van der Waals surface area contributed by atoms with Gasteiger partial charge in [0.2, 0.25) is 0 Å². The normalized spacial score (nSPS) is 16.4. The number of nitrogens with zero attached hydrogens (tertiary/aromatic N) is 1. The molecule has 1 aromatic carbocycles. The van der Waals surface area contributed by atoms with E-state index >= 15 is 0 Å². The predicted molar refractivity (Wildman–Crippen MR) is 84.7 cm³/mol. The molecular weight excluding hydrogens is 334 g/mol. The Kier molecular flexibility index (Phi) is 3.79. The molecular formula is C15H14BrN3O2. The first kappa shape index (κ1) is 13.9. The number of rotatable bonds is 2. The molecule has 2 aromatic rings. The van der Waals surface area contributed by atoms with Crippen molar-refractivity contribution >= 4 is 33.3 Å². The average molecular weight is 348 g/mol. The molecule has 0 spiro atoms. The largest absolute Gasteiger partial charge is 0.477 e. The summed E-state index contributed by atoms with van der Waals surface area (Å²) in [6, 6.07) is 9.46. The van der Waals surface area contributed by atoms with E-state index in [1.54, 1.807) is 6.20 Å². The van der Waals surface area contributed by atoms with Crippen LogP contribution < -0.4 is 15.4 Å². The number of benzene rings is 1. The van der Waals surface area contributed by atoms with Crippen LogP contribution in [0.2, 0.25) is 0 Å². The van der Waals surface area contributed by atoms with Crippen molar-refractivity contribution in [3.8, 4) is 5.75 Å². The van der Waals surface area contributed by atoms with Gasteiger partial charge in [-0.15, -0.1) is 0 Å². The number of hydrogen-bond acceptors (Lipinski definition) is 4. The molecule has 2 N–H and O–H groups in total. The topological polar surface area (TPSA) is 63.2 Å². The van der Waals surface area contributed by atoms with Gasteiger partial charge < -0.3 is 15.4 Å². The van der Waals surface area contributed by atoms with E-state index < -0.39 is 6.10 Å². The number of carbonyl (C=O) groups excluding carboxylic acids is 1. The second-order valence-electron chi connectivity index (χ2n) is 4.79. The Hall–Kier alpha value is -2.08. The Morgan fingerprint density at radius 3 is 3.10 bits per heavy atom. The Morgan fingerprint density at radius 1 is 1.48 bits per heavy atom. The van der Waals surface area contributed by atoms with Gasteiger partial charge in [-0.25, -0.2) is 4.98 Å². The maximum atomic E-state index is 12.3. The van der Waals surface area contributed by atoms with E-state index in [2.05, 4.69) is 31.5 Å². The third-order valence-corrected chi connectivity index (χ3v) is 3.65. The number of aryl methyl sites for hydroxylation is 1. The molecule has 0 bridgehead atoms. The number of nitrogens with one attached hydrogen (secondary N) is 2. The van der Waals surface area contributed by atoms with Gasteiger partial charge in [-0.05, 0) is 46.6 Å². The molecule has 0 saturated heterocycles. The molecule has 1 unspecified atom stereocenters. The Labute approximate surface area is 130 Å². The zero-order chi connectivity index (χ0) is 14.8. The predicted octanol–water partition coefficient (Wildman–Crippen LogP) is 2.96. The minimum atomic E-state index is -0.579. The van der Waals surface area contributed by atoms with Crippen LogP contribution in [0.3, 0.4) is 0 Å². The van der Waals surface area contributed by atoms with Gasteiger partial charge >= 0.3 is 0 Å². The van der Waals surface area contributed by atoms with Crippen LogP contribution in [0.4, 0.5) is 11.5 Å². The second-order valence-corrected chi connectivity index (χ2v) is 5.71. The molecule has 3 rings (SSSR count). The first-order chi connectivity index (χ1) is 10.1. The summed E-state index contributed by atoms with van der Waals surface area (Å²) in [4.78, 5) is 16.5. The highest BCUT2D eigenvalue weighted by molar-refractivity contribution is 9.10. The lowest BCUT2D eigenvalue weighted by atomic mass is 10.2. The lowest BCUT2D eigenvalue weighted by Crippen LogP contribution is -2.41. The number of ether oxygens (including phenoxy) is 1. The first-order valence-electron chi connectivity index (χ1n) is 6.56. The van der Waals surface area contributed by atoms with E-state index in [4.69, 9.17) is 4.74 Å². The molecule has 6 heteroatoms. The van der Waals surface area contributed by atoms with Gasteiger partial charge in [0.15, 0.2) is 6.10 Å². The molecule has 0 aliphatic carbocycles. The van der Waals surface area contributed by atoms with Crippen molar-refractivity contribution in [1.29, 1.82) is 0 Å². The zero-order valence-corrected chi connectivity index (χ0v) is 13.0. The molecule has 1 amide bonds. The summed E-state index contributed by atoms with van der Waals surface area (Å²) in [5.74, 6) is 1.02. The van der Waals surface area contributed by atoms with Gasteiger partial charge in [-0.3, -0.25) is 4.79 Å². The molecule has 21 heavy (non-hydrogen) atoms. The first-order valence-corrected chi connectivity index (χ1v) is 7.35. The van der Waals surface area contributed by atoms with E-state index in [9.17, 15) is 4.79 Å². The van der Waals surface area contributed by atoms with Gasteiger partial charge in [0, 0.05) is 10.7 Å². The molecule has 2 heterocycles. The highest BCUT2D eigenvalue weighted by atomic mass is 79.9. The Balaban J connectivity index is 1.72. The van der Waals surface area contributed by atoms with Gasteiger partial charge in [0.05, 0.1) is 12.2 Å². The van der Waals surface area contributed by atoms with E-state index in [1.807, 2.05) is 37.3 Å². The summed E-state index contributed by atoms with van der Waals surface area (Å²) in [7, 11) is 0. The molecule has 1 aromatic heterocycles. The minimum absolute atomic E-state index is 0.213. The highest BCUT2D eigenvalue weighted by Crippen LogP contribution is 2.28. The number of halogens is 1. The van der Waals surface area contributed by atoms with E-state index in [0.717, 1.165) is 15.7 Å². The summed E-state index contributed by atoms with van der Waals surface area (Å²) in [6.45, 7) is 2.32. The zero-order valence-electron chi connectivity index (χ0n) is 11.4. The summed E-state index contributed by atoms with van der Waals surface area (Å²) < 4.78 is 6.60. The maximum absolute atomic E-state index is 12.3. The third-order valence-electron chi connectivity index (χ3n) is 3.21. The number of amides is 1. The van der Waals surface area contributed by atoms with Gasteiger partial charge in [-0.1, -0.05) is 12.1 Å². The molecule has 1 atom stereocenters. The average Bonchev–Trinajstić information content (AvgIpc) is 2.49. The van der Waals surface area contributed by atoms with Crippen molar-refractivity contribution in [1.82, 2.24) is 4.98 Å². The number of pyridine rings is 1. The third kappa shape index (κ3) is 3.00. The number of aromatic nitrogens is 1. The molecule has 1 aliphatic heterocycles. The monoisotopic (exact) mass is 347 g/mol. The lowest BCUT2D eigenvalue weighted by molar-refractivity contribution is -0.122. The lowest BCUT2D eigenvalue weighted by Gasteiger charge is -2.26. The minimum Gasteiger partial charge on any atom is -0.477 e. The second kappa shape index (κ2) is 5.73. The van der Waals surface area contributed by atoms with E-state index in [0.29, 0.717) is 18.1 Å². The number of carbonyl (C=O) groups is 1. The van der Waals surface area contributed by atoms with Crippen LogP contribution in [0.25, 0.3) is 0 Å². The van der Waals surface area contributed by atoms with Crippen molar-refractivity contribution in [3.05, 3.63) is 46.6 Å². The quantitative estimate of drug-likeness (QED) is 0.876. The van der Waals surface area contributed by atoms with Crippen LogP contribution >= 0.6 is 15.9 Å². The summed E-state index contributed by atoms with van der Waals surface area (Å²) >= 11 is 3.35. The van der Waals surface area contributed by atoms with E-state index in [-0.39, 0.29) is 5.91 Å². The maximum Gasteiger partial charge on any atom is 0.268 e. The van der Waals surface area contributed by atoms with Gasteiger partial charge in [-0.2, -0.15) is 0 Å². The van der Waals surface area contributed by atoms with Crippen LogP contribution in [-0.4, -0.2) is 23.5 Å². The number of hydrogen-bond donors (Lipinski definition) is 2. The number of fused-ring (bicyclic) bond motifs is 1. The highest BCUT2D eigenvalue weighted by Gasteiger charge is 2.26. The SMILES string of the molecule is Cc1cc(Br)cnc1NC(=O)C1CNc2ccccc2O1. The smallest absolute Gasteiger partial charge is 0.268 e. The fourth-order valence-corrected chi connectivity index (χ4v) is 2.57. The van der Waals surface area contributed by atoms with Crippen LogP contribution in [0.5, 0.6) is 5.75 Å². The fourth-order valence-electron chi connectivity index (χ4n) is 2.13. The van der Waals surface area contributed by atoms with Crippen molar-refractivity contribution in [3.63, 3.8) is 0 Å². The standard InChI is InChI=1S/C15H14BrN3O2/c1-9-6-10(16)7-18-14(9)19-15(20)13-8-17-11-4-2-3-5-12(11)21-13/h2-7,13,17H,8H2,1H3,(H,18,19,20). The fraction of sp³-hybridized carbons (Fsp3) is 0.200. The Bertz CT molecular complexity index is 690. The molecule has 108 valence electrons. The van der Waals surface area contributed by atoms with Crippen molar-refractivity contribution in [2.75, 3.05) is 17.2 Å². The number of anilines is 2. The van der Waals surface area contributed by atoms with Crippen LogP contribution in [0.1, 0.15) is 5.56 Å². The molecule has 1 aliphatic rings. The summed E-state index contributed by atoms with van der Waals surface area (Å²) in [5.41, 5.74) is 1.79. The van der Waals surface area contributed by atoms with Crippen molar-refractivity contribution in [2.24, 2.45) is 0 Å². The van der Waals surface area contributed by atoms with Gasteiger partial charge in [0.1, 0.15) is 11.6 Å². The van der Waals surface area contributed by atoms with E-state index in [1.165, 1.54) is 0 Å². The van der Waals surface area contributed by atoms with Gasteiger partial charge in [0.25, 0.3) is 5.91 Å². The summed E-state index contributed by atoms with van der Waals surface area (Å²) in [6.07, 6.45) is 1.07. The molecule has 0 fully saturated rings. The Morgan fingerprint density at radius 2 is 2.29 bits per heavy atom. The van der Waals surface area contributed by atoms with Crippen LogP contribution in [0, 0.1) is 6.92 Å². The number of para-hydroxylation sites is 2. The molecule has 0 saturated carbocycles. The van der Waals surface area contributed by atoms with Crippen LogP contribution in [-0.2, 0) is 4.79 Å². The summed E-state index contributed by atoms with van der Waals surface area (Å²) in [5, 5.41) is 5.99. The van der Waals surface area contributed by atoms with Crippen LogP contribution in [0.15, 0.2) is 41.0 Å².